The Morgan fingerprint density at radius 1 is 1.07 bits per heavy atom. The Hall–Kier alpha value is -2.29. The van der Waals surface area contributed by atoms with Crippen LogP contribution in [0.15, 0.2) is 42.5 Å². The van der Waals surface area contributed by atoms with Crippen LogP contribution in [0.5, 0.6) is 0 Å². The highest BCUT2D eigenvalue weighted by atomic mass is 32.2. The molecule has 0 spiro atoms. The van der Waals surface area contributed by atoms with Gasteiger partial charge < -0.3 is 0 Å². The summed E-state index contributed by atoms with van der Waals surface area (Å²) < 4.78 is 25.6. The second kappa shape index (κ2) is 7.98. The maximum Gasteiger partial charge on any atom is 0.244 e. The number of carbonyl (C=O) groups is 1. The number of hydrogen-bond acceptors (Lipinski definition) is 5. The molecule has 2 aromatic carbocycles. The second-order valence-corrected chi connectivity index (χ2v) is 9.92. The summed E-state index contributed by atoms with van der Waals surface area (Å²) in [6.07, 6.45) is 1.09. The smallest absolute Gasteiger partial charge is 0.244 e. The first-order valence-electron chi connectivity index (χ1n) is 8.79. The van der Waals surface area contributed by atoms with E-state index >= 15 is 0 Å². The van der Waals surface area contributed by atoms with Gasteiger partial charge in [-0.05, 0) is 30.5 Å². The summed E-state index contributed by atoms with van der Waals surface area (Å²) in [5, 5.41) is 0.572. The van der Waals surface area contributed by atoms with E-state index in [1.54, 1.807) is 4.90 Å². The van der Waals surface area contributed by atoms with Crippen molar-refractivity contribution >= 4 is 42.6 Å². The minimum atomic E-state index is -3.46. The quantitative estimate of drug-likeness (QED) is 0.617. The first-order chi connectivity index (χ1) is 13.2. The highest BCUT2D eigenvalue weighted by Gasteiger charge is 2.24. The van der Waals surface area contributed by atoms with Crippen molar-refractivity contribution in [2.24, 2.45) is 0 Å². The van der Waals surface area contributed by atoms with Crippen LogP contribution in [0.2, 0.25) is 0 Å². The van der Waals surface area contributed by atoms with E-state index in [9.17, 15) is 13.2 Å². The lowest BCUT2D eigenvalue weighted by Crippen LogP contribution is -2.40. The van der Waals surface area contributed by atoms with Crippen LogP contribution in [0.4, 0.5) is 5.13 Å². The van der Waals surface area contributed by atoms with Crippen LogP contribution in [-0.2, 0) is 21.4 Å². The fourth-order valence-electron chi connectivity index (χ4n) is 2.79. The lowest BCUT2D eigenvalue weighted by atomic mass is 10.1. The summed E-state index contributed by atoms with van der Waals surface area (Å²) in [4.78, 5) is 19.3. The Morgan fingerprint density at radius 2 is 1.71 bits per heavy atom. The molecule has 6 nitrogen and oxygen atoms in total. The fourth-order valence-corrected chi connectivity index (χ4v) is 4.26. The van der Waals surface area contributed by atoms with Crippen molar-refractivity contribution in [3.63, 3.8) is 0 Å². The number of carbonyl (C=O) groups excluding carboxylic acids is 1. The maximum atomic E-state index is 13.0. The number of rotatable bonds is 6. The third kappa shape index (κ3) is 4.40. The molecule has 0 saturated carbocycles. The molecule has 0 atom stereocenters. The van der Waals surface area contributed by atoms with Gasteiger partial charge in [0.25, 0.3) is 0 Å². The molecule has 0 fully saturated rings. The van der Waals surface area contributed by atoms with Crippen molar-refractivity contribution < 1.29 is 13.2 Å². The zero-order chi connectivity index (χ0) is 20.5. The number of anilines is 1. The number of likely N-dealkylation sites (N-methyl/N-ethyl adjacent to an activating group) is 1. The van der Waals surface area contributed by atoms with E-state index in [4.69, 9.17) is 4.98 Å². The summed E-state index contributed by atoms with van der Waals surface area (Å²) in [7, 11) is -2.05. The molecular weight excluding hydrogens is 394 g/mol. The van der Waals surface area contributed by atoms with Crippen molar-refractivity contribution in [1.82, 2.24) is 9.29 Å². The predicted molar refractivity (Wildman–Crippen MR) is 114 cm³/mol. The van der Waals surface area contributed by atoms with Gasteiger partial charge in [-0.15, -0.1) is 0 Å². The molecule has 0 bridgehead atoms. The van der Waals surface area contributed by atoms with Crippen molar-refractivity contribution in [2.75, 3.05) is 24.7 Å². The second-order valence-electron chi connectivity index (χ2n) is 6.86. The van der Waals surface area contributed by atoms with E-state index < -0.39 is 10.0 Å². The van der Waals surface area contributed by atoms with Crippen LogP contribution in [0.25, 0.3) is 10.2 Å². The fraction of sp³-hybridized carbons (Fsp3) is 0.300. The lowest BCUT2D eigenvalue weighted by Gasteiger charge is -2.22. The number of aryl methyl sites for hydroxylation is 2. The maximum absolute atomic E-state index is 13.0. The third-order valence-electron chi connectivity index (χ3n) is 4.57. The molecule has 0 aliphatic heterocycles. The summed E-state index contributed by atoms with van der Waals surface area (Å²) in [5.41, 5.74) is 3.97. The molecule has 0 N–H and O–H groups in total. The minimum Gasteiger partial charge on any atom is -0.282 e. The molecule has 0 aliphatic rings. The SMILES string of the molecule is Cc1ccc(C)c2sc(N(Cc3ccccc3)C(=O)CN(C)S(C)(=O)=O)nc12. The van der Waals surface area contributed by atoms with E-state index in [1.165, 1.54) is 18.4 Å². The average Bonchev–Trinajstić information content (AvgIpc) is 3.09. The zero-order valence-corrected chi connectivity index (χ0v) is 18.0. The van der Waals surface area contributed by atoms with Gasteiger partial charge in [0, 0.05) is 7.05 Å². The highest BCUT2D eigenvalue weighted by molar-refractivity contribution is 7.88. The van der Waals surface area contributed by atoms with Crippen molar-refractivity contribution in [3.8, 4) is 0 Å². The number of amides is 1. The largest absolute Gasteiger partial charge is 0.282 e. The number of thiazole rings is 1. The predicted octanol–water partition coefficient (Wildman–Crippen LogP) is 3.34. The number of fused-ring (bicyclic) bond motifs is 1. The van der Waals surface area contributed by atoms with E-state index in [2.05, 4.69) is 0 Å². The number of benzene rings is 2. The highest BCUT2D eigenvalue weighted by Crippen LogP contribution is 2.33. The van der Waals surface area contributed by atoms with Gasteiger partial charge in [-0.3, -0.25) is 9.69 Å². The van der Waals surface area contributed by atoms with Crippen LogP contribution in [0.1, 0.15) is 16.7 Å². The van der Waals surface area contributed by atoms with Gasteiger partial charge >= 0.3 is 0 Å². The van der Waals surface area contributed by atoms with Gasteiger partial charge in [0.15, 0.2) is 5.13 Å². The first kappa shape index (κ1) is 20.4. The van der Waals surface area contributed by atoms with E-state index in [0.29, 0.717) is 11.7 Å². The van der Waals surface area contributed by atoms with Crippen molar-refractivity contribution in [1.29, 1.82) is 0 Å². The van der Waals surface area contributed by atoms with Gasteiger partial charge in [-0.2, -0.15) is 4.31 Å². The summed E-state index contributed by atoms with van der Waals surface area (Å²) in [6.45, 7) is 4.10. The molecule has 0 aliphatic carbocycles. The Bertz CT molecular complexity index is 1070. The molecule has 1 heterocycles. The van der Waals surface area contributed by atoms with Crippen LogP contribution in [0, 0.1) is 13.8 Å². The standard InChI is InChI=1S/C20H23N3O3S2/c1-14-10-11-15(2)19-18(14)21-20(27-19)23(12-16-8-6-5-7-9-16)17(24)13-22(3)28(4,25)26/h5-11H,12-13H2,1-4H3. The summed E-state index contributed by atoms with van der Waals surface area (Å²) in [6, 6.07) is 13.7. The van der Waals surface area contributed by atoms with Gasteiger partial charge in [-0.25, -0.2) is 13.4 Å². The Kier molecular flexibility index (Phi) is 5.83. The lowest BCUT2D eigenvalue weighted by molar-refractivity contribution is -0.118. The van der Waals surface area contributed by atoms with Crippen molar-refractivity contribution in [2.45, 2.75) is 20.4 Å². The monoisotopic (exact) mass is 417 g/mol. The van der Waals surface area contributed by atoms with Crippen LogP contribution in [0.3, 0.4) is 0 Å². The minimum absolute atomic E-state index is 0.237. The van der Waals surface area contributed by atoms with Gasteiger partial charge in [0.05, 0.1) is 29.6 Å². The van der Waals surface area contributed by atoms with Crippen LogP contribution < -0.4 is 4.90 Å². The van der Waals surface area contributed by atoms with Gasteiger partial charge in [0.2, 0.25) is 15.9 Å². The zero-order valence-electron chi connectivity index (χ0n) is 16.3. The Labute approximate surface area is 169 Å². The molecule has 0 radical (unpaired) electrons. The number of sulfonamides is 1. The van der Waals surface area contributed by atoms with Gasteiger partial charge in [-0.1, -0.05) is 53.8 Å². The Balaban J connectivity index is 2.02. The topological polar surface area (TPSA) is 70.6 Å². The number of hydrogen-bond donors (Lipinski definition) is 0. The molecular formula is C20H23N3O3S2. The molecule has 148 valence electrons. The van der Waals surface area contributed by atoms with E-state index in [1.807, 2.05) is 56.3 Å². The molecule has 1 amide bonds. The summed E-state index contributed by atoms with van der Waals surface area (Å²) >= 11 is 1.45. The molecule has 0 unspecified atom stereocenters. The summed E-state index contributed by atoms with van der Waals surface area (Å²) in [5.74, 6) is -0.314. The molecule has 0 saturated heterocycles. The molecule has 3 rings (SSSR count). The number of aromatic nitrogens is 1. The van der Waals surface area contributed by atoms with Crippen LogP contribution in [-0.4, -0.2) is 43.5 Å². The average molecular weight is 418 g/mol. The Morgan fingerprint density at radius 3 is 2.32 bits per heavy atom. The normalized spacial score (nSPS) is 11.9. The van der Waals surface area contributed by atoms with Gasteiger partial charge in [0.1, 0.15) is 0 Å². The molecule has 8 heteroatoms. The first-order valence-corrected chi connectivity index (χ1v) is 11.5. The van der Waals surface area contributed by atoms with E-state index in [-0.39, 0.29) is 12.5 Å². The molecule has 3 aromatic rings. The number of nitrogens with zero attached hydrogens (tertiary/aromatic N) is 3. The molecule has 1 aromatic heterocycles. The molecule has 28 heavy (non-hydrogen) atoms. The van der Waals surface area contributed by atoms with Crippen LogP contribution >= 0.6 is 11.3 Å². The van der Waals surface area contributed by atoms with E-state index in [0.717, 1.165) is 37.5 Å². The third-order valence-corrected chi connectivity index (χ3v) is 7.05. The van der Waals surface area contributed by atoms with Crippen molar-refractivity contribution in [3.05, 3.63) is 59.2 Å².